The van der Waals surface area contributed by atoms with Gasteiger partial charge in [0.15, 0.2) is 4.96 Å². The second-order valence-corrected chi connectivity index (χ2v) is 8.39. The van der Waals surface area contributed by atoms with Crippen molar-refractivity contribution in [3.63, 3.8) is 0 Å². The molecule has 1 fully saturated rings. The van der Waals surface area contributed by atoms with E-state index in [0.717, 1.165) is 15.5 Å². The monoisotopic (exact) mass is 412 g/mol. The van der Waals surface area contributed by atoms with Gasteiger partial charge in [-0.05, 0) is 23.6 Å². The van der Waals surface area contributed by atoms with Gasteiger partial charge in [0.1, 0.15) is 17.2 Å². The lowest BCUT2D eigenvalue weighted by molar-refractivity contribution is 0.0740. The Balaban J connectivity index is 1.34. The van der Waals surface area contributed by atoms with Crippen LogP contribution in [0.3, 0.4) is 0 Å². The van der Waals surface area contributed by atoms with Crippen LogP contribution >= 0.6 is 22.7 Å². The van der Waals surface area contributed by atoms with Gasteiger partial charge in [0.2, 0.25) is 0 Å². The maximum Gasteiger partial charge on any atom is 0.271 e. The molecule has 0 radical (unpaired) electrons. The third-order valence-corrected chi connectivity index (χ3v) is 6.69. The second kappa shape index (κ2) is 7.03. The average Bonchev–Trinajstić information content (AvgIpc) is 3.44. The summed E-state index contributed by atoms with van der Waals surface area (Å²) in [6, 6.07) is 10.8. The summed E-state index contributed by atoms with van der Waals surface area (Å²) in [6.07, 6.45) is 1.93. The Morgan fingerprint density at radius 2 is 1.86 bits per heavy atom. The summed E-state index contributed by atoms with van der Waals surface area (Å²) in [5.41, 5.74) is 2.12. The molecule has 1 aromatic carbocycles. The smallest absolute Gasteiger partial charge is 0.271 e. The Labute approximate surface area is 169 Å². The molecule has 5 nitrogen and oxygen atoms in total. The number of carbonyl (C=O) groups excluding carboxylic acids is 1. The van der Waals surface area contributed by atoms with Crippen molar-refractivity contribution < 1.29 is 9.18 Å². The molecule has 1 aliphatic rings. The first-order chi connectivity index (χ1) is 13.7. The van der Waals surface area contributed by atoms with Crippen molar-refractivity contribution in [1.82, 2.24) is 14.3 Å². The van der Waals surface area contributed by atoms with Crippen LogP contribution in [0.4, 0.5) is 10.1 Å². The zero-order chi connectivity index (χ0) is 19.1. The quantitative estimate of drug-likeness (QED) is 0.506. The molecule has 142 valence electrons. The summed E-state index contributed by atoms with van der Waals surface area (Å²) in [4.78, 5) is 23.4. The molecule has 1 aliphatic heterocycles. The number of aromatic nitrogens is 2. The number of fused-ring (bicyclic) bond motifs is 1. The fourth-order valence-corrected chi connectivity index (χ4v) is 5.03. The minimum Gasteiger partial charge on any atom is -0.366 e. The molecule has 1 saturated heterocycles. The van der Waals surface area contributed by atoms with Gasteiger partial charge in [0.25, 0.3) is 5.91 Å². The molecule has 5 rings (SSSR count). The topological polar surface area (TPSA) is 40.9 Å². The highest BCUT2D eigenvalue weighted by Gasteiger charge is 2.26. The molecule has 0 saturated carbocycles. The van der Waals surface area contributed by atoms with Gasteiger partial charge >= 0.3 is 0 Å². The van der Waals surface area contributed by atoms with Crippen LogP contribution in [0, 0.1) is 5.82 Å². The molecular formula is C20H17FN4OS2. The number of hydrogen-bond donors (Lipinski definition) is 0. The average molecular weight is 413 g/mol. The summed E-state index contributed by atoms with van der Waals surface area (Å²) in [7, 11) is 0. The molecule has 28 heavy (non-hydrogen) atoms. The first-order valence-corrected chi connectivity index (χ1v) is 10.8. The number of anilines is 1. The van der Waals surface area contributed by atoms with Crippen LogP contribution in [0.2, 0.25) is 0 Å². The van der Waals surface area contributed by atoms with Gasteiger partial charge in [0, 0.05) is 37.8 Å². The molecule has 0 atom stereocenters. The fraction of sp³-hybridized carbons (Fsp3) is 0.200. The van der Waals surface area contributed by atoms with Gasteiger partial charge in [-0.25, -0.2) is 9.37 Å². The molecule has 4 heterocycles. The minimum atomic E-state index is -0.221. The third-order valence-electron chi connectivity index (χ3n) is 4.96. The standard InChI is InChI=1S/C20H17FN4OS2/c21-14-4-1-2-5-16(14)23-7-9-24(10-8-23)19(26)17-13-28-20-22-15(12-25(17)20)18-6-3-11-27-18/h1-6,11-13H,7-10H2. The SMILES string of the molecule is O=C(c1csc2nc(-c3cccs3)cn12)N1CCN(c2ccccc2F)CC1. The van der Waals surface area contributed by atoms with Crippen molar-refractivity contribution in [3.05, 3.63) is 64.9 Å². The highest BCUT2D eigenvalue weighted by atomic mass is 32.1. The number of imidazole rings is 1. The number of thiophene rings is 1. The highest BCUT2D eigenvalue weighted by Crippen LogP contribution is 2.28. The predicted octanol–water partition coefficient (Wildman–Crippen LogP) is 4.23. The molecule has 0 spiro atoms. The first-order valence-electron chi connectivity index (χ1n) is 9.00. The molecule has 3 aromatic heterocycles. The van der Waals surface area contributed by atoms with E-state index >= 15 is 0 Å². The van der Waals surface area contributed by atoms with Crippen LogP contribution in [0.25, 0.3) is 15.5 Å². The lowest BCUT2D eigenvalue weighted by Gasteiger charge is -2.36. The van der Waals surface area contributed by atoms with Crippen molar-refractivity contribution in [2.24, 2.45) is 0 Å². The molecule has 0 N–H and O–H groups in total. The summed E-state index contributed by atoms with van der Waals surface area (Å²) < 4.78 is 15.9. The zero-order valence-corrected chi connectivity index (χ0v) is 16.5. The number of thiazole rings is 1. The van der Waals surface area contributed by atoms with Crippen LogP contribution in [0.15, 0.2) is 53.4 Å². The van der Waals surface area contributed by atoms with Gasteiger partial charge in [-0.2, -0.15) is 0 Å². The lowest BCUT2D eigenvalue weighted by atomic mass is 10.2. The molecular weight excluding hydrogens is 395 g/mol. The third kappa shape index (κ3) is 2.98. The first kappa shape index (κ1) is 17.4. The molecule has 4 aromatic rings. The van der Waals surface area contributed by atoms with E-state index in [1.54, 1.807) is 23.5 Å². The molecule has 0 unspecified atom stereocenters. The van der Waals surface area contributed by atoms with Gasteiger partial charge in [-0.3, -0.25) is 9.20 Å². The van der Waals surface area contributed by atoms with E-state index < -0.39 is 0 Å². The van der Waals surface area contributed by atoms with Gasteiger partial charge < -0.3 is 9.80 Å². The number of benzene rings is 1. The van der Waals surface area contributed by atoms with Gasteiger partial charge in [-0.1, -0.05) is 18.2 Å². The van der Waals surface area contributed by atoms with Gasteiger partial charge in [-0.15, -0.1) is 22.7 Å². The van der Waals surface area contributed by atoms with Crippen molar-refractivity contribution in [1.29, 1.82) is 0 Å². The number of piperazine rings is 1. The molecule has 8 heteroatoms. The number of carbonyl (C=O) groups is 1. The maximum atomic E-state index is 14.0. The van der Waals surface area contributed by atoms with Crippen molar-refractivity contribution >= 4 is 39.2 Å². The van der Waals surface area contributed by atoms with Crippen LogP contribution in [-0.4, -0.2) is 46.4 Å². The minimum absolute atomic E-state index is 0.00503. The summed E-state index contributed by atoms with van der Waals surface area (Å²) in [5.74, 6) is -0.226. The van der Waals surface area contributed by atoms with Crippen molar-refractivity contribution in [3.8, 4) is 10.6 Å². The van der Waals surface area contributed by atoms with Gasteiger partial charge in [0.05, 0.1) is 10.6 Å². The normalized spacial score (nSPS) is 14.8. The van der Waals surface area contributed by atoms with E-state index in [-0.39, 0.29) is 11.7 Å². The predicted molar refractivity (Wildman–Crippen MR) is 111 cm³/mol. The Kier molecular flexibility index (Phi) is 4.37. The fourth-order valence-electron chi connectivity index (χ4n) is 3.50. The number of halogens is 1. The van der Waals surface area contributed by atoms with Crippen LogP contribution in [0.5, 0.6) is 0 Å². The van der Waals surface area contributed by atoms with E-state index in [4.69, 9.17) is 0 Å². The number of hydrogen-bond acceptors (Lipinski definition) is 5. The molecule has 0 bridgehead atoms. The highest BCUT2D eigenvalue weighted by molar-refractivity contribution is 7.15. The van der Waals surface area contributed by atoms with E-state index in [1.165, 1.54) is 17.4 Å². The Morgan fingerprint density at radius 1 is 1.04 bits per heavy atom. The van der Waals surface area contributed by atoms with Crippen LogP contribution < -0.4 is 4.90 Å². The molecule has 0 aliphatic carbocycles. The number of nitrogens with zero attached hydrogens (tertiary/aromatic N) is 4. The van der Waals surface area contributed by atoms with E-state index in [0.29, 0.717) is 37.6 Å². The largest absolute Gasteiger partial charge is 0.366 e. The van der Waals surface area contributed by atoms with Crippen molar-refractivity contribution in [2.75, 3.05) is 31.1 Å². The van der Waals surface area contributed by atoms with Crippen LogP contribution in [0.1, 0.15) is 10.5 Å². The summed E-state index contributed by atoms with van der Waals surface area (Å²) >= 11 is 3.11. The maximum absolute atomic E-state index is 14.0. The lowest BCUT2D eigenvalue weighted by Crippen LogP contribution is -2.49. The number of para-hydroxylation sites is 1. The summed E-state index contributed by atoms with van der Waals surface area (Å²) in [5, 5.41) is 3.88. The van der Waals surface area contributed by atoms with Crippen LogP contribution in [-0.2, 0) is 0 Å². The second-order valence-electron chi connectivity index (χ2n) is 6.61. The number of rotatable bonds is 3. The zero-order valence-electron chi connectivity index (χ0n) is 14.9. The van der Waals surface area contributed by atoms with Crippen molar-refractivity contribution in [2.45, 2.75) is 0 Å². The Bertz CT molecular complexity index is 1130. The Hall–Kier alpha value is -2.71. The number of amides is 1. The van der Waals surface area contributed by atoms with E-state index in [1.807, 2.05) is 49.4 Å². The summed E-state index contributed by atoms with van der Waals surface area (Å²) in [6.45, 7) is 2.36. The molecule has 1 amide bonds. The van der Waals surface area contributed by atoms with E-state index in [9.17, 15) is 9.18 Å². The Morgan fingerprint density at radius 3 is 2.61 bits per heavy atom. The van der Waals surface area contributed by atoms with E-state index in [2.05, 4.69) is 4.98 Å².